The van der Waals surface area contributed by atoms with Crippen LogP contribution < -0.4 is 10.6 Å². The highest BCUT2D eigenvalue weighted by Crippen LogP contribution is 2.08. The molecule has 0 spiro atoms. The molecular weight excluding hydrogens is 396 g/mol. The van der Waals surface area contributed by atoms with Gasteiger partial charge in [0.15, 0.2) is 0 Å². The van der Waals surface area contributed by atoms with E-state index in [1.807, 2.05) is 6.07 Å². The number of amides is 2. The van der Waals surface area contributed by atoms with Crippen molar-refractivity contribution in [1.29, 1.82) is 0 Å². The van der Waals surface area contributed by atoms with Gasteiger partial charge in [-0.2, -0.15) is 0 Å². The van der Waals surface area contributed by atoms with Crippen molar-refractivity contribution in [3.8, 4) is 0 Å². The number of alkyl carbamates (subject to hydrolysis) is 1. The van der Waals surface area contributed by atoms with Gasteiger partial charge >= 0.3 is 12.1 Å². The maximum absolute atomic E-state index is 12.2. The Kier molecular flexibility index (Phi) is 8.84. The van der Waals surface area contributed by atoms with Crippen molar-refractivity contribution in [2.75, 3.05) is 12.3 Å². The Labute approximate surface area is 170 Å². The first kappa shape index (κ1) is 22.1. The van der Waals surface area contributed by atoms with E-state index in [2.05, 4.69) is 10.6 Å². The molecule has 0 saturated carbocycles. The van der Waals surface area contributed by atoms with Crippen LogP contribution in [0.4, 0.5) is 4.79 Å². The lowest BCUT2D eigenvalue weighted by molar-refractivity contribution is -0.141. The van der Waals surface area contributed by atoms with Crippen LogP contribution in [-0.2, 0) is 31.7 Å². The van der Waals surface area contributed by atoms with Gasteiger partial charge in [-0.15, -0.1) is 0 Å². The molecule has 2 atom stereocenters. The van der Waals surface area contributed by atoms with Crippen LogP contribution in [-0.4, -0.2) is 45.6 Å². The molecule has 0 heterocycles. The molecule has 3 N–H and O–H groups in total. The Morgan fingerprint density at radius 3 is 2.24 bits per heavy atom. The number of rotatable bonds is 10. The molecule has 0 aliphatic rings. The summed E-state index contributed by atoms with van der Waals surface area (Å²) < 4.78 is 17.2. The van der Waals surface area contributed by atoms with Gasteiger partial charge in [0.2, 0.25) is 5.91 Å². The van der Waals surface area contributed by atoms with Crippen molar-refractivity contribution >= 4 is 28.8 Å². The summed E-state index contributed by atoms with van der Waals surface area (Å²) in [7, 11) is -1.37. The fourth-order valence-electron chi connectivity index (χ4n) is 2.34. The number of benzene rings is 2. The molecule has 9 heteroatoms. The fraction of sp³-hybridized carbons (Fsp3) is 0.250. The maximum Gasteiger partial charge on any atom is 0.407 e. The zero-order chi connectivity index (χ0) is 21.1. The van der Waals surface area contributed by atoms with E-state index >= 15 is 0 Å². The summed E-state index contributed by atoms with van der Waals surface area (Å²) in [6, 6.07) is 16.5. The number of hydrogen-bond donors (Lipinski definition) is 3. The molecule has 2 rings (SSSR count). The van der Waals surface area contributed by atoms with Gasteiger partial charge in [-0.25, -0.2) is 9.59 Å². The summed E-state index contributed by atoms with van der Waals surface area (Å²) in [5, 5.41) is 13.8. The average Bonchev–Trinajstić information content (AvgIpc) is 2.74. The summed E-state index contributed by atoms with van der Waals surface area (Å²) in [5.74, 6) is -1.84. The Bertz CT molecular complexity index is 845. The van der Waals surface area contributed by atoms with Crippen molar-refractivity contribution in [2.24, 2.45) is 0 Å². The highest BCUT2D eigenvalue weighted by molar-refractivity contribution is 7.85. The van der Waals surface area contributed by atoms with Crippen LogP contribution >= 0.6 is 0 Å². The molecule has 0 bridgehead atoms. The van der Waals surface area contributed by atoms with Crippen LogP contribution in [0.2, 0.25) is 0 Å². The van der Waals surface area contributed by atoms with E-state index in [1.165, 1.54) is 0 Å². The average molecular weight is 418 g/mol. The molecule has 2 aromatic rings. The van der Waals surface area contributed by atoms with E-state index in [0.717, 1.165) is 5.56 Å². The minimum Gasteiger partial charge on any atom is -0.480 e. The van der Waals surface area contributed by atoms with Gasteiger partial charge in [-0.3, -0.25) is 9.00 Å². The van der Waals surface area contributed by atoms with Gasteiger partial charge in [0.25, 0.3) is 0 Å². The lowest BCUT2D eigenvalue weighted by Crippen LogP contribution is -2.46. The Balaban J connectivity index is 1.73. The predicted octanol–water partition coefficient (Wildman–Crippen LogP) is 1.68. The van der Waals surface area contributed by atoms with Crippen molar-refractivity contribution in [1.82, 2.24) is 10.6 Å². The van der Waals surface area contributed by atoms with Crippen molar-refractivity contribution < 1.29 is 28.4 Å². The monoisotopic (exact) mass is 418 g/mol. The molecule has 154 valence electrons. The summed E-state index contributed by atoms with van der Waals surface area (Å²) >= 11 is 0. The summed E-state index contributed by atoms with van der Waals surface area (Å²) in [5.41, 5.74) is 0.796. The number of nitrogens with one attached hydrogen (secondary N) is 2. The number of aliphatic carboxylic acids is 1. The van der Waals surface area contributed by atoms with E-state index in [4.69, 9.17) is 4.74 Å². The number of carboxylic acids is 1. The standard InChI is InChI=1S/C20H22N2O6S/c23-18(13-21-20(26)28-14-15-7-3-1-4-8-15)22-17(19(24)25)11-12-29(27)16-9-5-2-6-10-16/h1-10,17H,11-14H2,(H,21,26)(H,22,23)(H,24,25)/t17-,29-/m0/s1. The van der Waals surface area contributed by atoms with Crippen LogP contribution in [0.25, 0.3) is 0 Å². The largest absolute Gasteiger partial charge is 0.480 e. The third-order valence-corrected chi connectivity index (χ3v) is 5.24. The zero-order valence-corrected chi connectivity index (χ0v) is 16.4. The van der Waals surface area contributed by atoms with E-state index in [-0.39, 0.29) is 18.8 Å². The number of hydrogen-bond acceptors (Lipinski definition) is 5. The molecule has 0 saturated heterocycles. The normalized spacial score (nSPS) is 12.4. The van der Waals surface area contributed by atoms with Gasteiger partial charge in [0.05, 0.1) is 10.8 Å². The van der Waals surface area contributed by atoms with Gasteiger partial charge in [-0.1, -0.05) is 48.5 Å². The van der Waals surface area contributed by atoms with Gasteiger partial charge in [0.1, 0.15) is 19.2 Å². The first-order chi connectivity index (χ1) is 14.0. The Morgan fingerprint density at radius 2 is 1.62 bits per heavy atom. The smallest absolute Gasteiger partial charge is 0.407 e. The SMILES string of the molecule is O=C(CNC(=O)OCc1ccccc1)N[C@@H](CC[S@](=O)c1ccccc1)C(=O)O. The number of carbonyl (C=O) groups excluding carboxylic acids is 2. The summed E-state index contributed by atoms with van der Waals surface area (Å²) in [6.45, 7) is -0.378. The van der Waals surface area contributed by atoms with E-state index in [0.29, 0.717) is 4.90 Å². The molecule has 0 aliphatic carbocycles. The number of carbonyl (C=O) groups is 3. The molecule has 0 unspecified atom stereocenters. The molecule has 29 heavy (non-hydrogen) atoms. The van der Waals surface area contributed by atoms with Crippen molar-refractivity contribution in [3.05, 3.63) is 66.2 Å². The van der Waals surface area contributed by atoms with Crippen LogP contribution in [0, 0.1) is 0 Å². The molecule has 0 aliphatic heterocycles. The Morgan fingerprint density at radius 1 is 1.00 bits per heavy atom. The third-order valence-electron chi connectivity index (χ3n) is 3.84. The third kappa shape index (κ3) is 8.14. The topological polar surface area (TPSA) is 122 Å². The quantitative estimate of drug-likeness (QED) is 0.540. The van der Waals surface area contributed by atoms with Crippen LogP contribution in [0.5, 0.6) is 0 Å². The first-order valence-electron chi connectivity index (χ1n) is 8.86. The highest BCUT2D eigenvalue weighted by Gasteiger charge is 2.21. The number of ether oxygens (including phenoxy) is 1. The second-order valence-electron chi connectivity index (χ2n) is 6.02. The van der Waals surface area contributed by atoms with E-state index in [9.17, 15) is 23.7 Å². The van der Waals surface area contributed by atoms with Gasteiger partial charge < -0.3 is 20.5 Å². The molecular formula is C20H22N2O6S. The van der Waals surface area contributed by atoms with Crippen molar-refractivity contribution in [2.45, 2.75) is 24.0 Å². The van der Waals surface area contributed by atoms with Crippen LogP contribution in [0.1, 0.15) is 12.0 Å². The highest BCUT2D eigenvalue weighted by atomic mass is 32.2. The second kappa shape index (κ2) is 11.6. The summed E-state index contributed by atoms with van der Waals surface area (Å²) in [6.07, 6.45) is -0.804. The molecule has 0 fully saturated rings. The lowest BCUT2D eigenvalue weighted by atomic mass is 10.2. The minimum atomic E-state index is -1.37. The molecule has 0 aromatic heterocycles. The second-order valence-corrected chi connectivity index (χ2v) is 7.60. The van der Waals surface area contributed by atoms with Crippen LogP contribution in [0.15, 0.2) is 65.6 Å². The summed E-state index contributed by atoms with van der Waals surface area (Å²) in [4.78, 5) is 35.5. The molecule has 2 amide bonds. The van der Waals surface area contributed by atoms with Gasteiger partial charge in [0, 0.05) is 10.6 Å². The minimum absolute atomic E-state index is 0.0129. The molecule has 2 aromatic carbocycles. The van der Waals surface area contributed by atoms with E-state index in [1.54, 1.807) is 54.6 Å². The zero-order valence-electron chi connectivity index (χ0n) is 15.6. The molecule has 0 radical (unpaired) electrons. The predicted molar refractivity (Wildman–Crippen MR) is 107 cm³/mol. The van der Waals surface area contributed by atoms with Gasteiger partial charge in [-0.05, 0) is 24.1 Å². The lowest BCUT2D eigenvalue weighted by Gasteiger charge is -2.14. The molecule has 8 nitrogen and oxygen atoms in total. The Hall–Kier alpha value is -3.20. The van der Waals surface area contributed by atoms with E-state index < -0.39 is 41.4 Å². The number of carboxylic acid groups (broad SMARTS) is 1. The first-order valence-corrected chi connectivity index (χ1v) is 10.2. The maximum atomic E-state index is 12.2. The fourth-order valence-corrected chi connectivity index (χ4v) is 3.49. The van der Waals surface area contributed by atoms with Crippen LogP contribution in [0.3, 0.4) is 0 Å². The van der Waals surface area contributed by atoms with Crippen molar-refractivity contribution in [3.63, 3.8) is 0 Å².